The highest BCUT2D eigenvalue weighted by Gasteiger charge is 2.23. The predicted molar refractivity (Wildman–Crippen MR) is 64.1 cm³/mol. The first-order valence-corrected chi connectivity index (χ1v) is 6.03. The molecular formula is C13H15F4NO2. The maximum absolute atomic E-state index is 13.3. The molecule has 7 heteroatoms. The van der Waals surface area contributed by atoms with Crippen LogP contribution < -0.4 is 5.32 Å². The number of aliphatic hydroxyl groups is 1. The molecule has 2 N–H and O–H groups in total. The van der Waals surface area contributed by atoms with Crippen molar-refractivity contribution in [2.45, 2.75) is 26.4 Å². The van der Waals surface area contributed by atoms with Crippen molar-refractivity contribution >= 4 is 5.91 Å². The zero-order valence-corrected chi connectivity index (χ0v) is 11.0. The lowest BCUT2D eigenvalue weighted by Gasteiger charge is -2.14. The van der Waals surface area contributed by atoms with Crippen LogP contribution in [0.1, 0.15) is 30.6 Å². The van der Waals surface area contributed by atoms with Gasteiger partial charge < -0.3 is 10.4 Å². The zero-order chi connectivity index (χ0) is 15.4. The summed E-state index contributed by atoms with van der Waals surface area (Å²) in [7, 11) is 0. The van der Waals surface area contributed by atoms with E-state index in [1.165, 1.54) is 0 Å². The van der Waals surface area contributed by atoms with Crippen LogP contribution in [0.25, 0.3) is 0 Å². The first kappa shape index (κ1) is 16.4. The van der Waals surface area contributed by atoms with Gasteiger partial charge in [-0.15, -0.1) is 0 Å². The van der Waals surface area contributed by atoms with Gasteiger partial charge in [0.2, 0.25) is 0 Å². The molecule has 1 amide bonds. The predicted octanol–water partition coefficient (Wildman–Crippen LogP) is 2.38. The highest BCUT2D eigenvalue weighted by Crippen LogP contribution is 2.18. The minimum Gasteiger partial charge on any atom is -0.391 e. The molecule has 0 saturated carbocycles. The van der Waals surface area contributed by atoms with Gasteiger partial charge in [0, 0.05) is 6.54 Å². The van der Waals surface area contributed by atoms with Gasteiger partial charge in [0.1, 0.15) is 0 Å². The Morgan fingerprint density at radius 3 is 2.35 bits per heavy atom. The van der Waals surface area contributed by atoms with Gasteiger partial charge in [-0.05, 0) is 18.4 Å². The number of nitrogens with one attached hydrogen (secondary N) is 1. The molecule has 0 aliphatic rings. The van der Waals surface area contributed by atoms with Gasteiger partial charge in [0.05, 0.1) is 11.7 Å². The molecule has 1 atom stereocenters. The van der Waals surface area contributed by atoms with Gasteiger partial charge in [-0.1, -0.05) is 13.8 Å². The normalized spacial score (nSPS) is 12.6. The zero-order valence-electron chi connectivity index (χ0n) is 11.0. The van der Waals surface area contributed by atoms with Crippen LogP contribution in [-0.4, -0.2) is 23.7 Å². The Morgan fingerprint density at radius 2 is 1.80 bits per heavy atom. The van der Waals surface area contributed by atoms with Crippen LogP contribution in [-0.2, 0) is 0 Å². The van der Waals surface area contributed by atoms with E-state index in [1.807, 2.05) is 13.8 Å². The number of halogens is 4. The molecule has 1 rings (SSSR count). The molecule has 0 aromatic heterocycles. The Morgan fingerprint density at radius 1 is 1.20 bits per heavy atom. The second kappa shape index (κ2) is 6.69. The molecular weight excluding hydrogens is 278 g/mol. The lowest BCUT2D eigenvalue weighted by molar-refractivity contribution is 0.0894. The van der Waals surface area contributed by atoms with Crippen molar-refractivity contribution in [2.24, 2.45) is 5.92 Å². The average molecular weight is 293 g/mol. The number of carbonyl (C=O) groups excluding carboxylic acids is 1. The molecule has 0 heterocycles. The van der Waals surface area contributed by atoms with Crippen molar-refractivity contribution in [3.05, 3.63) is 34.9 Å². The Balaban J connectivity index is 2.79. The molecule has 1 aromatic rings. The van der Waals surface area contributed by atoms with Crippen molar-refractivity contribution in [1.29, 1.82) is 0 Å². The topological polar surface area (TPSA) is 49.3 Å². The molecule has 0 radical (unpaired) electrons. The fraction of sp³-hybridized carbons (Fsp3) is 0.462. The van der Waals surface area contributed by atoms with Gasteiger partial charge in [-0.25, -0.2) is 17.6 Å². The van der Waals surface area contributed by atoms with E-state index in [2.05, 4.69) is 5.32 Å². The Kier molecular flexibility index (Phi) is 5.50. The van der Waals surface area contributed by atoms with Crippen LogP contribution in [0.4, 0.5) is 17.6 Å². The summed E-state index contributed by atoms with van der Waals surface area (Å²) in [6.45, 7) is 3.52. The molecule has 0 spiro atoms. The second-order valence-electron chi connectivity index (χ2n) is 4.84. The summed E-state index contributed by atoms with van der Waals surface area (Å²) < 4.78 is 52.0. The first-order valence-electron chi connectivity index (χ1n) is 6.03. The average Bonchev–Trinajstić information content (AvgIpc) is 2.37. The maximum atomic E-state index is 13.3. The highest BCUT2D eigenvalue weighted by molar-refractivity contribution is 5.94. The van der Waals surface area contributed by atoms with Gasteiger partial charge in [-0.3, -0.25) is 4.79 Å². The van der Waals surface area contributed by atoms with Crippen LogP contribution in [0.5, 0.6) is 0 Å². The highest BCUT2D eigenvalue weighted by atomic mass is 19.2. The molecule has 1 unspecified atom stereocenters. The number of rotatable bonds is 5. The molecule has 112 valence electrons. The Bertz CT molecular complexity index is 506. The summed E-state index contributed by atoms with van der Waals surface area (Å²) in [4.78, 5) is 11.6. The van der Waals surface area contributed by atoms with E-state index in [0.29, 0.717) is 6.42 Å². The number of aliphatic hydroxyl groups excluding tert-OH is 1. The third kappa shape index (κ3) is 3.93. The molecule has 3 nitrogen and oxygen atoms in total. The van der Waals surface area contributed by atoms with E-state index in [1.54, 1.807) is 0 Å². The molecule has 0 fully saturated rings. The smallest absolute Gasteiger partial charge is 0.254 e. The molecule has 1 aromatic carbocycles. The third-order valence-corrected chi connectivity index (χ3v) is 2.59. The maximum Gasteiger partial charge on any atom is 0.254 e. The van der Waals surface area contributed by atoms with Crippen LogP contribution in [0.15, 0.2) is 6.07 Å². The summed E-state index contributed by atoms with van der Waals surface area (Å²) in [6, 6.07) is 0.276. The minimum absolute atomic E-state index is 0.180. The molecule has 0 saturated heterocycles. The van der Waals surface area contributed by atoms with Crippen LogP contribution >= 0.6 is 0 Å². The van der Waals surface area contributed by atoms with Gasteiger partial charge in [0.15, 0.2) is 23.3 Å². The van der Waals surface area contributed by atoms with Crippen LogP contribution in [0.3, 0.4) is 0 Å². The molecule has 20 heavy (non-hydrogen) atoms. The van der Waals surface area contributed by atoms with E-state index in [0.717, 1.165) is 0 Å². The van der Waals surface area contributed by atoms with Crippen molar-refractivity contribution in [1.82, 2.24) is 5.32 Å². The van der Waals surface area contributed by atoms with Crippen molar-refractivity contribution < 1.29 is 27.5 Å². The fourth-order valence-corrected chi connectivity index (χ4v) is 1.67. The molecule has 0 bridgehead atoms. The van der Waals surface area contributed by atoms with Crippen LogP contribution in [0, 0.1) is 29.2 Å². The minimum atomic E-state index is -2.04. The van der Waals surface area contributed by atoms with E-state index >= 15 is 0 Å². The molecule has 0 aliphatic carbocycles. The van der Waals surface area contributed by atoms with Crippen molar-refractivity contribution in [3.8, 4) is 0 Å². The monoisotopic (exact) mass is 293 g/mol. The summed E-state index contributed by atoms with van der Waals surface area (Å²) in [5.74, 6) is -8.38. The first-order chi connectivity index (χ1) is 9.23. The van der Waals surface area contributed by atoms with E-state index in [4.69, 9.17) is 0 Å². The van der Waals surface area contributed by atoms with Gasteiger partial charge in [0.25, 0.3) is 5.91 Å². The van der Waals surface area contributed by atoms with E-state index < -0.39 is 40.8 Å². The number of benzene rings is 1. The second-order valence-corrected chi connectivity index (χ2v) is 4.84. The number of hydrogen-bond donors (Lipinski definition) is 2. The van der Waals surface area contributed by atoms with E-state index in [9.17, 15) is 27.5 Å². The number of amides is 1. The number of hydrogen-bond acceptors (Lipinski definition) is 2. The summed E-state index contributed by atoms with van der Waals surface area (Å²) >= 11 is 0. The van der Waals surface area contributed by atoms with Crippen LogP contribution in [0.2, 0.25) is 0 Å². The lowest BCUT2D eigenvalue weighted by Crippen LogP contribution is -2.33. The van der Waals surface area contributed by atoms with E-state index in [-0.39, 0.29) is 18.5 Å². The SMILES string of the molecule is CC(C)CC(O)CNC(=O)c1cc(F)c(F)c(F)c1F. The summed E-state index contributed by atoms with van der Waals surface area (Å²) in [6.07, 6.45) is -0.466. The Hall–Kier alpha value is -1.63. The van der Waals surface area contributed by atoms with Crippen molar-refractivity contribution in [3.63, 3.8) is 0 Å². The number of carbonyl (C=O) groups is 1. The van der Waals surface area contributed by atoms with Gasteiger partial charge in [-0.2, -0.15) is 0 Å². The Labute approximate surface area is 113 Å². The molecule has 0 aliphatic heterocycles. The summed E-state index contributed by atoms with van der Waals surface area (Å²) in [5.41, 5.74) is -0.946. The van der Waals surface area contributed by atoms with Crippen molar-refractivity contribution in [2.75, 3.05) is 6.54 Å². The standard InChI is InChI=1S/C13H15F4NO2/c1-6(2)3-7(19)5-18-13(20)8-4-9(14)11(16)12(17)10(8)15/h4,6-7,19H,3,5H2,1-2H3,(H,18,20). The third-order valence-electron chi connectivity index (χ3n) is 2.59. The van der Waals surface area contributed by atoms with Gasteiger partial charge >= 0.3 is 0 Å². The summed E-state index contributed by atoms with van der Waals surface area (Å²) in [5, 5.41) is 11.7. The fourth-order valence-electron chi connectivity index (χ4n) is 1.67. The largest absolute Gasteiger partial charge is 0.391 e. The lowest BCUT2D eigenvalue weighted by atomic mass is 10.1. The quantitative estimate of drug-likeness (QED) is 0.497.